The third-order valence-electron chi connectivity index (χ3n) is 3.25. The number of nitrogens with zero attached hydrogens (tertiary/aromatic N) is 2. The lowest BCUT2D eigenvalue weighted by atomic mass is 10.2. The van der Waals surface area contributed by atoms with Crippen LogP contribution in [0.1, 0.15) is 31.0 Å². The molecule has 0 radical (unpaired) electrons. The molecule has 3 rings (SSSR count). The van der Waals surface area contributed by atoms with E-state index >= 15 is 0 Å². The quantitative estimate of drug-likeness (QED) is 0.890. The minimum Gasteiger partial charge on any atom is -0.480 e. The number of rotatable bonds is 3. The van der Waals surface area contributed by atoms with E-state index in [-0.39, 0.29) is 6.10 Å². The number of nitrogen functional groups attached to an aromatic ring is 1. The van der Waals surface area contributed by atoms with E-state index in [4.69, 9.17) is 10.5 Å². The fourth-order valence-electron chi connectivity index (χ4n) is 2.23. The Morgan fingerprint density at radius 1 is 1.38 bits per heavy atom. The summed E-state index contributed by atoms with van der Waals surface area (Å²) in [5.74, 6) is 2.84. The van der Waals surface area contributed by atoms with Crippen LogP contribution >= 0.6 is 27.7 Å². The van der Waals surface area contributed by atoms with Crippen LogP contribution in [-0.2, 0) is 6.42 Å². The maximum atomic E-state index is 6.03. The van der Waals surface area contributed by atoms with Gasteiger partial charge in [-0.15, -0.1) is 11.8 Å². The molecule has 1 aliphatic heterocycles. The highest BCUT2D eigenvalue weighted by molar-refractivity contribution is 9.10. The van der Waals surface area contributed by atoms with Crippen LogP contribution in [0, 0.1) is 0 Å². The number of thioether (sulfide) groups is 1. The highest BCUT2D eigenvalue weighted by atomic mass is 79.9. The normalized spacial score (nSPS) is 17.1. The van der Waals surface area contributed by atoms with Crippen molar-refractivity contribution in [2.75, 3.05) is 11.5 Å². The summed E-state index contributed by atoms with van der Waals surface area (Å²) in [6.45, 7) is 2.12. The number of benzene rings is 1. The molecule has 2 heterocycles. The lowest BCUT2D eigenvalue weighted by Gasteiger charge is -2.25. The first-order valence-electron chi connectivity index (χ1n) is 6.89. The van der Waals surface area contributed by atoms with Crippen LogP contribution in [0.15, 0.2) is 33.6 Å². The zero-order chi connectivity index (χ0) is 14.8. The molecule has 0 saturated heterocycles. The molecule has 1 atom stereocenters. The highest BCUT2D eigenvalue weighted by Crippen LogP contribution is 2.39. The second-order valence-electron chi connectivity index (χ2n) is 4.84. The SMILES string of the molecule is CCCc1nc(C2CSc3ccccc3O2)nc(N)c1Br. The van der Waals surface area contributed by atoms with Crippen LogP contribution in [0.4, 0.5) is 5.82 Å². The maximum absolute atomic E-state index is 6.03. The first-order valence-corrected chi connectivity index (χ1v) is 8.67. The molecule has 21 heavy (non-hydrogen) atoms. The van der Waals surface area contributed by atoms with Crippen LogP contribution in [0.25, 0.3) is 0 Å². The predicted octanol–water partition coefficient (Wildman–Crippen LogP) is 4.00. The number of fused-ring (bicyclic) bond motifs is 1. The van der Waals surface area contributed by atoms with Gasteiger partial charge in [-0.2, -0.15) is 0 Å². The van der Waals surface area contributed by atoms with Crippen LogP contribution in [-0.4, -0.2) is 15.7 Å². The first-order chi connectivity index (χ1) is 10.2. The van der Waals surface area contributed by atoms with Gasteiger partial charge >= 0.3 is 0 Å². The van der Waals surface area contributed by atoms with Crippen molar-refractivity contribution in [3.63, 3.8) is 0 Å². The van der Waals surface area contributed by atoms with E-state index in [9.17, 15) is 0 Å². The number of hydrogen-bond acceptors (Lipinski definition) is 5. The van der Waals surface area contributed by atoms with E-state index < -0.39 is 0 Å². The number of hydrogen-bond donors (Lipinski definition) is 1. The lowest BCUT2D eigenvalue weighted by molar-refractivity contribution is 0.210. The predicted molar refractivity (Wildman–Crippen MR) is 88.7 cm³/mol. The standard InChI is InChI=1S/C15H16BrN3OS/c1-2-5-9-13(16)14(17)19-15(18-9)11-8-21-12-7-4-3-6-10(12)20-11/h3-4,6-7,11H,2,5,8H2,1H3,(H2,17,18,19). The van der Waals surface area contributed by atoms with Gasteiger partial charge in [0.2, 0.25) is 0 Å². The Morgan fingerprint density at radius 2 is 2.19 bits per heavy atom. The van der Waals surface area contributed by atoms with Gasteiger partial charge in [-0.05, 0) is 34.5 Å². The minimum absolute atomic E-state index is 0.157. The molecule has 0 spiro atoms. The van der Waals surface area contributed by atoms with Gasteiger partial charge in [-0.3, -0.25) is 0 Å². The van der Waals surface area contributed by atoms with Crippen molar-refractivity contribution in [1.29, 1.82) is 0 Å². The number of aryl methyl sites for hydroxylation is 1. The number of nitrogens with two attached hydrogens (primary N) is 1. The van der Waals surface area contributed by atoms with Gasteiger partial charge in [0.15, 0.2) is 11.9 Å². The minimum atomic E-state index is -0.157. The van der Waals surface area contributed by atoms with Gasteiger partial charge < -0.3 is 10.5 Å². The Labute approximate surface area is 136 Å². The van der Waals surface area contributed by atoms with Crippen molar-refractivity contribution < 1.29 is 4.74 Å². The monoisotopic (exact) mass is 365 g/mol. The molecular formula is C15H16BrN3OS. The Bertz CT molecular complexity index is 665. The van der Waals surface area contributed by atoms with Crippen LogP contribution < -0.4 is 10.5 Å². The van der Waals surface area contributed by atoms with Crippen LogP contribution in [0.5, 0.6) is 5.75 Å². The van der Waals surface area contributed by atoms with Crippen molar-refractivity contribution in [3.8, 4) is 5.75 Å². The first kappa shape index (κ1) is 14.7. The lowest BCUT2D eigenvalue weighted by Crippen LogP contribution is -2.19. The molecule has 0 fully saturated rings. The van der Waals surface area contributed by atoms with Gasteiger partial charge in [0.25, 0.3) is 0 Å². The fraction of sp³-hybridized carbons (Fsp3) is 0.333. The molecule has 6 heteroatoms. The van der Waals surface area contributed by atoms with E-state index in [0.717, 1.165) is 39.4 Å². The van der Waals surface area contributed by atoms with E-state index in [1.54, 1.807) is 11.8 Å². The van der Waals surface area contributed by atoms with Crippen molar-refractivity contribution >= 4 is 33.5 Å². The molecule has 2 N–H and O–H groups in total. The van der Waals surface area contributed by atoms with E-state index in [1.807, 2.05) is 18.2 Å². The third kappa shape index (κ3) is 3.01. The summed E-state index contributed by atoms with van der Waals surface area (Å²) >= 11 is 5.23. The van der Waals surface area contributed by atoms with E-state index in [2.05, 4.69) is 38.9 Å². The second kappa shape index (κ2) is 6.23. The number of para-hydroxylation sites is 1. The van der Waals surface area contributed by atoms with Crippen LogP contribution in [0.2, 0.25) is 0 Å². The Hall–Kier alpha value is -1.27. The van der Waals surface area contributed by atoms with E-state index in [1.165, 1.54) is 0 Å². The highest BCUT2D eigenvalue weighted by Gasteiger charge is 2.25. The molecule has 0 bridgehead atoms. The average molecular weight is 366 g/mol. The average Bonchev–Trinajstić information content (AvgIpc) is 2.51. The molecular weight excluding hydrogens is 350 g/mol. The third-order valence-corrected chi connectivity index (χ3v) is 5.23. The molecule has 1 aromatic carbocycles. The number of ether oxygens (including phenoxy) is 1. The zero-order valence-corrected chi connectivity index (χ0v) is 14.1. The van der Waals surface area contributed by atoms with Crippen LogP contribution in [0.3, 0.4) is 0 Å². The largest absolute Gasteiger partial charge is 0.480 e. The summed E-state index contributed by atoms with van der Waals surface area (Å²) in [5.41, 5.74) is 6.94. The van der Waals surface area contributed by atoms with Crippen molar-refractivity contribution in [3.05, 3.63) is 40.3 Å². The maximum Gasteiger partial charge on any atom is 0.172 e. The summed E-state index contributed by atoms with van der Waals surface area (Å²) in [6.07, 6.45) is 1.73. The summed E-state index contributed by atoms with van der Waals surface area (Å²) in [7, 11) is 0. The molecule has 1 unspecified atom stereocenters. The zero-order valence-electron chi connectivity index (χ0n) is 11.7. The van der Waals surface area contributed by atoms with Crippen molar-refractivity contribution in [2.24, 2.45) is 0 Å². The van der Waals surface area contributed by atoms with Gasteiger partial charge in [0.1, 0.15) is 11.6 Å². The fourth-order valence-corrected chi connectivity index (χ4v) is 3.58. The molecule has 1 aliphatic rings. The number of anilines is 1. The Balaban J connectivity index is 1.91. The summed E-state index contributed by atoms with van der Waals surface area (Å²) < 4.78 is 6.83. The Kier molecular flexibility index (Phi) is 4.35. The second-order valence-corrected chi connectivity index (χ2v) is 6.70. The van der Waals surface area contributed by atoms with Gasteiger partial charge in [-0.25, -0.2) is 9.97 Å². The smallest absolute Gasteiger partial charge is 0.172 e. The molecule has 2 aromatic rings. The number of halogens is 1. The Morgan fingerprint density at radius 3 is 3.00 bits per heavy atom. The summed E-state index contributed by atoms with van der Waals surface area (Å²) in [4.78, 5) is 10.2. The topological polar surface area (TPSA) is 61.0 Å². The molecule has 0 aliphatic carbocycles. The number of aromatic nitrogens is 2. The van der Waals surface area contributed by atoms with Gasteiger partial charge in [0, 0.05) is 10.6 Å². The van der Waals surface area contributed by atoms with Crippen molar-refractivity contribution in [1.82, 2.24) is 9.97 Å². The molecule has 1 aromatic heterocycles. The van der Waals surface area contributed by atoms with Gasteiger partial charge in [0.05, 0.1) is 10.2 Å². The summed E-state index contributed by atoms with van der Waals surface area (Å²) in [6, 6.07) is 8.03. The molecule has 0 saturated carbocycles. The van der Waals surface area contributed by atoms with E-state index in [0.29, 0.717) is 11.6 Å². The van der Waals surface area contributed by atoms with Crippen molar-refractivity contribution in [2.45, 2.75) is 30.8 Å². The molecule has 110 valence electrons. The molecule has 0 amide bonds. The molecule has 4 nitrogen and oxygen atoms in total. The van der Waals surface area contributed by atoms with Gasteiger partial charge in [-0.1, -0.05) is 25.5 Å². The summed E-state index contributed by atoms with van der Waals surface area (Å²) in [5, 5.41) is 0.